The molecule has 0 amide bonds. The van der Waals surface area contributed by atoms with Gasteiger partial charge in [0.1, 0.15) is 0 Å². The summed E-state index contributed by atoms with van der Waals surface area (Å²) >= 11 is 0. The minimum absolute atomic E-state index is 0.555. The molecular weight excluding hydrogens is 408 g/mol. The normalized spacial score (nSPS) is 16.4. The van der Waals surface area contributed by atoms with Crippen LogP contribution >= 0.6 is 0 Å². The molecule has 4 nitrogen and oxygen atoms in total. The van der Waals surface area contributed by atoms with Crippen LogP contribution in [-0.4, -0.2) is 33.4 Å². The highest BCUT2D eigenvalue weighted by molar-refractivity contribution is 5.70. The van der Waals surface area contributed by atoms with Crippen molar-refractivity contribution in [3.05, 3.63) is 77.9 Å². The van der Waals surface area contributed by atoms with Crippen molar-refractivity contribution in [3.63, 3.8) is 0 Å². The lowest BCUT2D eigenvalue weighted by Gasteiger charge is -2.36. The lowest BCUT2D eigenvalue weighted by atomic mass is 9.97. The highest BCUT2D eigenvalue weighted by Crippen LogP contribution is 2.49. The summed E-state index contributed by atoms with van der Waals surface area (Å²) in [5.74, 6) is 2.30. The van der Waals surface area contributed by atoms with E-state index in [1.54, 1.807) is 14.2 Å². The number of rotatable bonds is 8. The molecule has 0 spiro atoms. The Morgan fingerprint density at radius 2 is 1.61 bits per heavy atom. The maximum Gasteiger partial charge on any atom is 0.164 e. The van der Waals surface area contributed by atoms with Crippen LogP contribution in [0.1, 0.15) is 42.7 Å². The van der Waals surface area contributed by atoms with Gasteiger partial charge in [0, 0.05) is 23.8 Å². The first kappa shape index (κ1) is 21.8. The smallest absolute Gasteiger partial charge is 0.164 e. The first-order valence-electron chi connectivity index (χ1n) is 12.1. The van der Waals surface area contributed by atoms with Crippen LogP contribution < -0.4 is 19.7 Å². The van der Waals surface area contributed by atoms with Gasteiger partial charge in [0.05, 0.1) is 14.2 Å². The number of piperidine rings is 1. The number of hydrogen-bond acceptors (Lipinski definition) is 4. The van der Waals surface area contributed by atoms with Crippen LogP contribution in [0.15, 0.2) is 66.7 Å². The van der Waals surface area contributed by atoms with Crippen LogP contribution in [0.2, 0.25) is 0 Å². The van der Waals surface area contributed by atoms with Crippen molar-refractivity contribution < 1.29 is 9.47 Å². The number of anilines is 1. The van der Waals surface area contributed by atoms with Crippen molar-refractivity contribution >= 4 is 5.69 Å². The summed E-state index contributed by atoms with van der Waals surface area (Å²) in [6.45, 7) is 3.08. The van der Waals surface area contributed by atoms with E-state index < -0.39 is 0 Å². The van der Waals surface area contributed by atoms with Gasteiger partial charge in [-0.25, -0.2) is 0 Å². The Kier molecular flexibility index (Phi) is 6.54. The van der Waals surface area contributed by atoms with Crippen LogP contribution in [-0.2, 0) is 6.54 Å². The molecule has 1 heterocycles. The summed E-state index contributed by atoms with van der Waals surface area (Å²) in [4.78, 5) is 2.59. The Hall–Kier alpha value is -2.98. The van der Waals surface area contributed by atoms with Crippen LogP contribution in [0.3, 0.4) is 0 Å². The molecule has 0 atom stereocenters. The van der Waals surface area contributed by atoms with Gasteiger partial charge in [0.15, 0.2) is 11.5 Å². The fourth-order valence-electron chi connectivity index (χ4n) is 5.07. The molecular formula is C29H34N2O2. The maximum absolute atomic E-state index is 5.72. The number of nitrogens with zero attached hydrogens (tertiary/aromatic N) is 1. The van der Waals surface area contributed by atoms with E-state index in [4.69, 9.17) is 9.47 Å². The molecule has 1 saturated heterocycles. The topological polar surface area (TPSA) is 33.7 Å². The van der Waals surface area contributed by atoms with Crippen molar-refractivity contribution in [3.8, 4) is 22.6 Å². The van der Waals surface area contributed by atoms with Crippen molar-refractivity contribution in [2.24, 2.45) is 0 Å². The molecule has 0 bridgehead atoms. The largest absolute Gasteiger partial charge is 0.493 e. The zero-order valence-electron chi connectivity index (χ0n) is 19.7. The van der Waals surface area contributed by atoms with Crippen LogP contribution in [0.4, 0.5) is 5.69 Å². The van der Waals surface area contributed by atoms with E-state index in [0.29, 0.717) is 12.0 Å². The van der Waals surface area contributed by atoms with E-state index in [-0.39, 0.29) is 0 Å². The SMILES string of the molecule is COc1cc(-c2cccc(CN(c3ccccc3)C3CCNCC3)c2)cc(C2CC2)c1OC. The predicted octanol–water partition coefficient (Wildman–Crippen LogP) is 6.01. The first-order chi connectivity index (χ1) is 16.3. The third kappa shape index (κ3) is 4.86. The number of nitrogens with one attached hydrogen (secondary N) is 1. The van der Waals surface area contributed by atoms with E-state index in [0.717, 1.165) is 31.1 Å². The average molecular weight is 443 g/mol. The number of para-hydroxylation sites is 1. The Balaban J connectivity index is 1.47. The number of benzene rings is 3. The fourth-order valence-corrected chi connectivity index (χ4v) is 5.07. The molecule has 0 aromatic heterocycles. The summed E-state index contributed by atoms with van der Waals surface area (Å²) < 4.78 is 11.4. The van der Waals surface area contributed by atoms with E-state index in [1.807, 2.05) is 0 Å². The molecule has 1 saturated carbocycles. The molecule has 2 aliphatic rings. The number of hydrogen-bond donors (Lipinski definition) is 1. The molecule has 4 heteroatoms. The van der Waals surface area contributed by atoms with E-state index >= 15 is 0 Å². The summed E-state index contributed by atoms with van der Waals surface area (Å²) in [5, 5.41) is 3.51. The number of methoxy groups -OCH3 is 2. The zero-order chi connectivity index (χ0) is 22.6. The summed E-state index contributed by atoms with van der Waals surface area (Å²) in [6.07, 6.45) is 4.81. The lowest BCUT2D eigenvalue weighted by molar-refractivity contribution is 0.352. The lowest BCUT2D eigenvalue weighted by Crippen LogP contribution is -2.43. The molecule has 3 aromatic rings. The van der Waals surface area contributed by atoms with Crippen LogP contribution in [0.25, 0.3) is 11.1 Å². The predicted molar refractivity (Wildman–Crippen MR) is 135 cm³/mol. The molecule has 5 rings (SSSR count). The minimum Gasteiger partial charge on any atom is -0.493 e. The van der Waals surface area contributed by atoms with Gasteiger partial charge in [0.2, 0.25) is 0 Å². The van der Waals surface area contributed by atoms with E-state index in [1.165, 1.54) is 53.6 Å². The third-order valence-corrected chi connectivity index (χ3v) is 6.98. The second kappa shape index (κ2) is 9.88. The standard InChI is InChI=1S/C29H34N2O2/c1-32-28-19-24(18-27(22-11-12-22)29(28)33-2)23-8-6-7-21(17-23)20-31(25-9-4-3-5-10-25)26-13-15-30-16-14-26/h3-10,17-19,22,26,30H,11-16,20H2,1-2H3. The number of ether oxygens (including phenoxy) is 2. The summed E-state index contributed by atoms with van der Waals surface area (Å²) in [7, 11) is 3.47. The second-order valence-corrected chi connectivity index (χ2v) is 9.22. The molecule has 1 aliphatic carbocycles. The highest BCUT2D eigenvalue weighted by atomic mass is 16.5. The van der Waals surface area contributed by atoms with Gasteiger partial charge in [-0.2, -0.15) is 0 Å². The van der Waals surface area contributed by atoms with Crippen molar-refractivity contribution in [2.45, 2.75) is 44.2 Å². The Morgan fingerprint density at radius 1 is 0.818 bits per heavy atom. The molecule has 1 N–H and O–H groups in total. The Labute approximate surface area is 197 Å². The average Bonchev–Trinajstić information content (AvgIpc) is 3.73. The summed E-state index contributed by atoms with van der Waals surface area (Å²) in [6, 6.07) is 24.8. The minimum atomic E-state index is 0.555. The monoisotopic (exact) mass is 442 g/mol. The molecule has 3 aromatic carbocycles. The second-order valence-electron chi connectivity index (χ2n) is 9.22. The van der Waals surface area contributed by atoms with Gasteiger partial charge in [-0.05, 0) is 91.7 Å². The van der Waals surface area contributed by atoms with Crippen LogP contribution in [0, 0.1) is 0 Å². The first-order valence-corrected chi connectivity index (χ1v) is 12.1. The maximum atomic E-state index is 5.72. The molecule has 2 fully saturated rings. The van der Waals surface area contributed by atoms with Gasteiger partial charge < -0.3 is 19.7 Å². The molecule has 1 aliphatic heterocycles. The fraction of sp³-hybridized carbons (Fsp3) is 0.379. The molecule has 172 valence electrons. The van der Waals surface area contributed by atoms with Crippen LogP contribution in [0.5, 0.6) is 11.5 Å². The highest BCUT2D eigenvalue weighted by Gasteiger charge is 2.29. The van der Waals surface area contributed by atoms with Gasteiger partial charge in [-0.3, -0.25) is 0 Å². The van der Waals surface area contributed by atoms with Gasteiger partial charge in [0.25, 0.3) is 0 Å². The molecule has 33 heavy (non-hydrogen) atoms. The van der Waals surface area contributed by atoms with Crippen molar-refractivity contribution in [2.75, 3.05) is 32.2 Å². The Morgan fingerprint density at radius 3 is 2.30 bits per heavy atom. The summed E-state index contributed by atoms with van der Waals surface area (Å²) in [5.41, 5.74) is 6.34. The molecule has 0 unspecified atom stereocenters. The Bertz CT molecular complexity index is 1070. The quantitative estimate of drug-likeness (QED) is 0.463. The molecule has 0 radical (unpaired) electrons. The van der Waals surface area contributed by atoms with Gasteiger partial charge in [-0.15, -0.1) is 0 Å². The van der Waals surface area contributed by atoms with Gasteiger partial charge in [-0.1, -0.05) is 36.4 Å². The van der Waals surface area contributed by atoms with E-state index in [9.17, 15) is 0 Å². The van der Waals surface area contributed by atoms with Gasteiger partial charge >= 0.3 is 0 Å². The van der Waals surface area contributed by atoms with Crippen molar-refractivity contribution in [1.29, 1.82) is 0 Å². The third-order valence-electron chi connectivity index (χ3n) is 6.98. The zero-order valence-corrected chi connectivity index (χ0v) is 19.7. The van der Waals surface area contributed by atoms with Crippen molar-refractivity contribution in [1.82, 2.24) is 5.32 Å². The van der Waals surface area contributed by atoms with E-state index in [2.05, 4.69) is 76.9 Å².